The van der Waals surface area contributed by atoms with Crippen LogP contribution in [0.1, 0.15) is 78.0 Å². The van der Waals surface area contributed by atoms with Crippen LogP contribution in [0.3, 0.4) is 0 Å². The summed E-state index contributed by atoms with van der Waals surface area (Å²) in [5, 5.41) is 16.3. The van der Waals surface area contributed by atoms with Crippen molar-refractivity contribution in [1.29, 1.82) is 0 Å². The first kappa shape index (κ1) is 23.8. The van der Waals surface area contributed by atoms with Crippen LogP contribution in [-0.4, -0.2) is 17.9 Å². The Labute approximate surface area is 185 Å². The van der Waals surface area contributed by atoms with Gasteiger partial charge in [-0.15, -0.1) is 0 Å². The van der Waals surface area contributed by atoms with Crippen molar-refractivity contribution >= 4 is 28.9 Å². The predicted octanol–water partition coefficient (Wildman–Crippen LogP) is 7.33. The number of halogens is 2. The Morgan fingerprint density at radius 3 is 1.93 bits per heavy atom. The van der Waals surface area contributed by atoms with Gasteiger partial charge in [0.15, 0.2) is 0 Å². The monoisotopic (exact) mass is 437 g/mol. The molecule has 0 atom stereocenters. The first-order valence-electron chi connectivity index (χ1n) is 9.98. The molecule has 0 fully saturated rings. The predicted molar refractivity (Wildman–Crippen MR) is 124 cm³/mol. The Morgan fingerprint density at radius 2 is 1.55 bits per heavy atom. The maximum Gasteiger partial charge on any atom is 0.123 e. The van der Waals surface area contributed by atoms with Gasteiger partial charge in [-0.05, 0) is 59.3 Å². The van der Waals surface area contributed by atoms with Crippen LogP contribution in [0.4, 0.5) is 0 Å². The van der Waals surface area contributed by atoms with Gasteiger partial charge in [-0.2, -0.15) is 0 Å². The number of nitrogens with zero attached hydrogens (tertiary/aromatic N) is 1. The van der Waals surface area contributed by atoms with E-state index in [9.17, 15) is 5.11 Å². The number of oxime groups is 1. The van der Waals surface area contributed by atoms with Crippen LogP contribution >= 0.6 is 23.2 Å². The number of aryl methyl sites for hydroxylation is 1. The Bertz CT molecular complexity index is 846. The lowest BCUT2D eigenvalue weighted by Crippen LogP contribution is -2.18. The zero-order valence-electron chi connectivity index (χ0n) is 18.8. The minimum absolute atomic E-state index is 0.157. The first-order chi connectivity index (χ1) is 13.3. The number of rotatable bonds is 5. The summed E-state index contributed by atoms with van der Waals surface area (Å²) in [6.45, 7) is 14.7. The number of allylic oxidation sites excluding steroid dienone is 4. The van der Waals surface area contributed by atoms with Gasteiger partial charge in [0.05, 0.1) is 15.8 Å². The molecule has 0 radical (unpaired) electrons. The fourth-order valence-corrected chi connectivity index (χ4v) is 4.09. The molecule has 5 heteroatoms. The minimum Gasteiger partial charge on any atom is -0.507 e. The molecule has 0 aliphatic heterocycles. The Hall–Kier alpha value is -1.45. The minimum atomic E-state index is -0.157. The van der Waals surface area contributed by atoms with Crippen molar-refractivity contribution in [2.45, 2.75) is 78.6 Å². The lowest BCUT2D eigenvalue weighted by molar-refractivity contribution is 0.212. The molecule has 0 saturated heterocycles. The van der Waals surface area contributed by atoms with E-state index in [0.29, 0.717) is 28.7 Å². The quantitative estimate of drug-likeness (QED) is 0.386. The zero-order valence-corrected chi connectivity index (χ0v) is 20.3. The van der Waals surface area contributed by atoms with Gasteiger partial charge in [-0.3, -0.25) is 0 Å². The Morgan fingerprint density at radius 1 is 1.03 bits per heavy atom. The summed E-state index contributed by atoms with van der Waals surface area (Å²) in [6.07, 6.45) is 2.13. The van der Waals surface area contributed by atoms with E-state index in [1.807, 2.05) is 6.92 Å². The summed E-state index contributed by atoms with van der Waals surface area (Å²) in [6, 6.07) is 4.21. The van der Waals surface area contributed by atoms with E-state index in [1.54, 1.807) is 7.11 Å². The van der Waals surface area contributed by atoms with Gasteiger partial charge in [0.2, 0.25) is 0 Å². The molecule has 1 aromatic rings. The summed E-state index contributed by atoms with van der Waals surface area (Å²) < 4.78 is 0. The van der Waals surface area contributed by atoms with Crippen molar-refractivity contribution in [1.82, 2.24) is 0 Å². The molecular formula is C24H33Cl2NO2. The van der Waals surface area contributed by atoms with Gasteiger partial charge in [-0.1, -0.05) is 82.0 Å². The van der Waals surface area contributed by atoms with Crippen LogP contribution in [0.5, 0.6) is 5.75 Å². The molecule has 0 amide bonds. The average molecular weight is 438 g/mol. The molecule has 160 valence electrons. The highest BCUT2D eigenvalue weighted by atomic mass is 35.5. The molecule has 1 N–H and O–H groups in total. The topological polar surface area (TPSA) is 41.8 Å². The van der Waals surface area contributed by atoms with Gasteiger partial charge in [-0.25, -0.2) is 0 Å². The van der Waals surface area contributed by atoms with Crippen molar-refractivity contribution in [3.63, 3.8) is 0 Å². The second kappa shape index (κ2) is 8.73. The third-order valence-electron chi connectivity index (χ3n) is 5.26. The third-order valence-corrected chi connectivity index (χ3v) is 6.29. The van der Waals surface area contributed by atoms with Crippen LogP contribution < -0.4 is 0 Å². The number of hydrogen-bond acceptors (Lipinski definition) is 3. The van der Waals surface area contributed by atoms with Crippen molar-refractivity contribution in [3.05, 3.63) is 50.0 Å². The number of aromatic hydroxyl groups is 1. The number of benzene rings is 1. The van der Waals surface area contributed by atoms with Gasteiger partial charge >= 0.3 is 0 Å². The second-order valence-corrected chi connectivity index (χ2v) is 10.6. The van der Waals surface area contributed by atoms with E-state index in [2.05, 4.69) is 58.8 Å². The van der Waals surface area contributed by atoms with Crippen molar-refractivity contribution in [3.8, 4) is 5.75 Å². The molecule has 3 nitrogen and oxygen atoms in total. The van der Waals surface area contributed by atoms with Crippen LogP contribution in [0.25, 0.3) is 0 Å². The highest BCUT2D eigenvalue weighted by Crippen LogP contribution is 2.41. The molecule has 1 aromatic carbocycles. The standard InChI is InChI=1S/C24H33Cl2NO2/c1-14-11-16(21(26)20(14)25)19(27-29-8)10-9-15-12-17(23(2,3)4)22(28)18(13-15)24(5,6)7/h12-13,28H,9-11H2,1-8H3/b27-19-. The molecule has 1 aliphatic rings. The molecule has 29 heavy (non-hydrogen) atoms. The van der Waals surface area contributed by atoms with E-state index in [1.165, 1.54) is 0 Å². The Kier molecular flexibility index (Phi) is 7.17. The molecule has 0 unspecified atom stereocenters. The van der Waals surface area contributed by atoms with Gasteiger partial charge < -0.3 is 9.94 Å². The number of phenolic OH excluding ortho intramolecular Hbond substituents is 1. The van der Waals surface area contributed by atoms with E-state index < -0.39 is 0 Å². The molecule has 0 spiro atoms. The summed E-state index contributed by atoms with van der Waals surface area (Å²) >= 11 is 12.7. The van der Waals surface area contributed by atoms with E-state index >= 15 is 0 Å². The first-order valence-corrected chi connectivity index (χ1v) is 10.7. The highest BCUT2D eigenvalue weighted by Gasteiger charge is 2.27. The van der Waals surface area contributed by atoms with Gasteiger partial charge in [0.1, 0.15) is 12.9 Å². The molecular weight excluding hydrogens is 405 g/mol. The van der Waals surface area contributed by atoms with Crippen molar-refractivity contribution < 1.29 is 9.94 Å². The van der Waals surface area contributed by atoms with E-state index in [-0.39, 0.29) is 10.8 Å². The smallest absolute Gasteiger partial charge is 0.123 e. The summed E-state index contributed by atoms with van der Waals surface area (Å²) in [5.41, 5.74) is 5.56. The normalized spacial score (nSPS) is 16.1. The molecule has 0 bridgehead atoms. The highest BCUT2D eigenvalue weighted by molar-refractivity contribution is 6.46. The number of phenols is 1. The lowest BCUT2D eigenvalue weighted by atomic mass is 9.78. The van der Waals surface area contributed by atoms with Crippen molar-refractivity contribution in [2.24, 2.45) is 5.16 Å². The summed E-state index contributed by atoms with van der Waals surface area (Å²) in [5.74, 6) is 0.396. The summed E-state index contributed by atoms with van der Waals surface area (Å²) in [7, 11) is 1.54. The maximum atomic E-state index is 10.9. The number of hydrogen-bond donors (Lipinski definition) is 1. The van der Waals surface area contributed by atoms with Gasteiger partial charge in [0, 0.05) is 5.57 Å². The largest absolute Gasteiger partial charge is 0.507 e. The average Bonchev–Trinajstić information content (AvgIpc) is 2.85. The Balaban J connectivity index is 2.40. The van der Waals surface area contributed by atoms with Crippen molar-refractivity contribution in [2.75, 3.05) is 7.11 Å². The fraction of sp³-hybridized carbons (Fsp3) is 0.542. The second-order valence-electron chi connectivity index (χ2n) is 9.82. The third kappa shape index (κ3) is 5.38. The van der Waals surface area contributed by atoms with Crippen LogP contribution in [0, 0.1) is 0 Å². The maximum absolute atomic E-state index is 10.9. The van der Waals surface area contributed by atoms with Crippen LogP contribution in [-0.2, 0) is 22.1 Å². The van der Waals surface area contributed by atoms with Crippen LogP contribution in [0.15, 0.2) is 38.5 Å². The molecule has 1 aliphatic carbocycles. The fourth-order valence-electron chi connectivity index (χ4n) is 3.58. The van der Waals surface area contributed by atoms with Crippen LogP contribution in [0.2, 0.25) is 0 Å². The molecule has 0 saturated carbocycles. The molecule has 0 heterocycles. The van der Waals surface area contributed by atoms with E-state index in [4.69, 9.17) is 28.0 Å². The van der Waals surface area contributed by atoms with E-state index in [0.717, 1.165) is 40.0 Å². The zero-order chi connectivity index (χ0) is 22.1. The molecule has 2 rings (SSSR count). The molecule has 0 aromatic heterocycles. The SMILES string of the molecule is CO/N=C(/CCc1cc(C(C)(C)C)c(O)c(C(C)(C)C)c1)C1=C(Cl)C(Cl)=C(C)C1. The lowest BCUT2D eigenvalue weighted by Gasteiger charge is -2.28. The van der Waals surface area contributed by atoms with Gasteiger partial charge in [0.25, 0.3) is 0 Å². The summed E-state index contributed by atoms with van der Waals surface area (Å²) in [4.78, 5) is 5.09.